The van der Waals surface area contributed by atoms with Gasteiger partial charge in [-0.2, -0.15) is 0 Å². The molecule has 1 aromatic rings. The maximum Gasteiger partial charge on any atom is 0.409 e. The van der Waals surface area contributed by atoms with Crippen molar-refractivity contribution in [2.45, 2.75) is 32.2 Å². The first kappa shape index (κ1) is 23.0. The van der Waals surface area contributed by atoms with Crippen LogP contribution in [0.2, 0.25) is 0 Å². The van der Waals surface area contributed by atoms with Crippen LogP contribution < -0.4 is 9.47 Å². The fraction of sp³-hybridized carbons (Fsp3) is 0.619. The van der Waals surface area contributed by atoms with E-state index in [1.165, 1.54) is 5.56 Å². The molecule has 1 amide bonds. The monoisotopic (exact) mass is 453 g/mol. The minimum atomic E-state index is -0.193. The Morgan fingerprint density at radius 1 is 1.20 bits per heavy atom. The lowest BCUT2D eigenvalue weighted by atomic mass is 10.0. The molecule has 0 radical (unpaired) electrons. The molecule has 2 heterocycles. The van der Waals surface area contributed by atoms with E-state index in [1.54, 1.807) is 26.0 Å². The molecular weight excluding hydrogens is 422 g/mol. The van der Waals surface area contributed by atoms with Gasteiger partial charge in [0, 0.05) is 25.7 Å². The van der Waals surface area contributed by atoms with Gasteiger partial charge < -0.3 is 24.0 Å². The molecule has 30 heavy (non-hydrogen) atoms. The number of rotatable bonds is 7. The van der Waals surface area contributed by atoms with Gasteiger partial charge in [0.25, 0.3) is 0 Å². The van der Waals surface area contributed by atoms with E-state index in [9.17, 15) is 4.79 Å². The van der Waals surface area contributed by atoms with E-state index in [0.717, 1.165) is 67.3 Å². The molecule has 9 heteroatoms. The number of thioether (sulfide) groups is 1. The number of hydrogen-bond donors (Lipinski definition) is 0. The van der Waals surface area contributed by atoms with E-state index in [1.807, 2.05) is 24.0 Å². The summed E-state index contributed by atoms with van der Waals surface area (Å²) in [5.41, 5.74) is 1.19. The predicted octanol–water partition coefficient (Wildman–Crippen LogP) is 3.42. The summed E-state index contributed by atoms with van der Waals surface area (Å²) in [5, 5.41) is 0. The summed E-state index contributed by atoms with van der Waals surface area (Å²) in [5.74, 6) is 2.40. The third-order valence-corrected chi connectivity index (χ3v) is 7.17. The van der Waals surface area contributed by atoms with Crippen LogP contribution in [0.15, 0.2) is 18.2 Å². The van der Waals surface area contributed by atoms with Gasteiger partial charge in [-0.15, -0.1) is 0 Å². The molecule has 2 saturated heterocycles. The molecule has 0 atom stereocenters. The number of methoxy groups -OCH3 is 2. The minimum Gasteiger partial charge on any atom is -0.493 e. The molecule has 3 rings (SSSR count). The van der Waals surface area contributed by atoms with Crippen LogP contribution in [0.3, 0.4) is 0 Å². The Morgan fingerprint density at radius 3 is 2.60 bits per heavy atom. The number of amides is 1. The maximum absolute atomic E-state index is 11.9. The van der Waals surface area contributed by atoms with Gasteiger partial charge in [-0.3, -0.25) is 4.90 Å². The summed E-state index contributed by atoms with van der Waals surface area (Å²) in [6, 6.07) is 6.52. The fourth-order valence-electron chi connectivity index (χ4n) is 3.86. The van der Waals surface area contributed by atoms with Crippen molar-refractivity contribution in [2.24, 2.45) is 0 Å². The smallest absolute Gasteiger partial charge is 0.409 e. The van der Waals surface area contributed by atoms with Crippen molar-refractivity contribution in [2.75, 3.05) is 53.0 Å². The largest absolute Gasteiger partial charge is 0.493 e. The molecule has 2 aliphatic heterocycles. The van der Waals surface area contributed by atoms with Crippen LogP contribution in [-0.2, 0) is 11.2 Å². The van der Waals surface area contributed by atoms with Gasteiger partial charge in [-0.05, 0) is 43.9 Å². The van der Waals surface area contributed by atoms with Gasteiger partial charge in [-0.1, -0.05) is 30.0 Å². The van der Waals surface area contributed by atoms with Crippen LogP contribution in [0, 0.1) is 0 Å². The molecule has 0 unspecified atom stereocenters. The Morgan fingerprint density at radius 2 is 1.93 bits per heavy atom. The number of carbonyl (C=O) groups excluding carboxylic acids is 1. The zero-order chi connectivity index (χ0) is 21.5. The lowest BCUT2D eigenvalue weighted by molar-refractivity contribution is 0.0690. The SMILES string of the molecule is CCOC(=O)N1CCC(N2CSC(=S)N(CCc3ccc(OC)c(OC)c3)C2)CC1. The zero-order valence-corrected chi connectivity index (χ0v) is 19.6. The van der Waals surface area contributed by atoms with Crippen LogP contribution in [-0.4, -0.2) is 84.2 Å². The van der Waals surface area contributed by atoms with E-state index in [0.29, 0.717) is 12.6 Å². The molecule has 0 N–H and O–H groups in total. The summed E-state index contributed by atoms with van der Waals surface area (Å²) in [6.45, 7) is 5.47. The van der Waals surface area contributed by atoms with E-state index in [-0.39, 0.29) is 6.09 Å². The minimum absolute atomic E-state index is 0.193. The Bertz CT molecular complexity index is 741. The third kappa shape index (κ3) is 5.70. The fourth-order valence-corrected chi connectivity index (χ4v) is 5.07. The lowest BCUT2D eigenvalue weighted by Gasteiger charge is -2.43. The number of thiocarbonyl (C=S) groups is 1. The first-order valence-corrected chi connectivity index (χ1v) is 11.7. The summed E-state index contributed by atoms with van der Waals surface area (Å²) >= 11 is 7.34. The summed E-state index contributed by atoms with van der Waals surface area (Å²) < 4.78 is 16.8. The molecule has 0 aliphatic carbocycles. The summed E-state index contributed by atoms with van der Waals surface area (Å²) in [6.07, 6.45) is 2.63. The van der Waals surface area contributed by atoms with Crippen molar-refractivity contribution in [3.63, 3.8) is 0 Å². The van der Waals surface area contributed by atoms with Crippen LogP contribution >= 0.6 is 24.0 Å². The highest BCUT2D eigenvalue weighted by Crippen LogP contribution is 2.29. The van der Waals surface area contributed by atoms with Crippen LogP contribution in [0.4, 0.5) is 4.79 Å². The Balaban J connectivity index is 1.52. The van der Waals surface area contributed by atoms with Gasteiger partial charge >= 0.3 is 6.09 Å². The maximum atomic E-state index is 11.9. The second-order valence-electron chi connectivity index (χ2n) is 7.39. The average molecular weight is 454 g/mol. The van der Waals surface area contributed by atoms with E-state index < -0.39 is 0 Å². The second kappa shape index (κ2) is 11.1. The molecule has 2 fully saturated rings. The summed E-state index contributed by atoms with van der Waals surface area (Å²) in [4.78, 5) is 18.5. The molecule has 0 bridgehead atoms. The molecule has 1 aromatic carbocycles. The molecule has 0 spiro atoms. The van der Waals surface area contributed by atoms with Crippen molar-refractivity contribution >= 4 is 34.4 Å². The molecule has 166 valence electrons. The van der Waals surface area contributed by atoms with Gasteiger partial charge in [0.2, 0.25) is 0 Å². The van der Waals surface area contributed by atoms with Crippen LogP contribution in [0.5, 0.6) is 11.5 Å². The standard InChI is InChI=1S/C21H31N3O4S2/c1-4-28-20(25)22-11-8-17(9-12-22)24-14-23(21(29)30-15-24)10-7-16-5-6-18(26-2)19(13-16)27-3/h5-6,13,17H,4,7-12,14-15H2,1-3H3. The van der Waals surface area contributed by atoms with Crippen molar-refractivity contribution < 1.29 is 19.0 Å². The highest BCUT2D eigenvalue weighted by molar-refractivity contribution is 8.22. The Hall–Kier alpha value is -1.71. The molecule has 0 aromatic heterocycles. The van der Waals surface area contributed by atoms with Gasteiger partial charge in [0.1, 0.15) is 4.32 Å². The molecule has 0 saturated carbocycles. The van der Waals surface area contributed by atoms with Gasteiger partial charge in [0.15, 0.2) is 11.5 Å². The van der Waals surface area contributed by atoms with Crippen molar-refractivity contribution in [1.82, 2.24) is 14.7 Å². The van der Waals surface area contributed by atoms with Crippen molar-refractivity contribution in [3.05, 3.63) is 23.8 Å². The van der Waals surface area contributed by atoms with Crippen molar-refractivity contribution in [1.29, 1.82) is 0 Å². The van der Waals surface area contributed by atoms with E-state index >= 15 is 0 Å². The lowest BCUT2D eigenvalue weighted by Crippen LogP contribution is -2.53. The number of benzene rings is 1. The first-order valence-electron chi connectivity index (χ1n) is 10.3. The topological polar surface area (TPSA) is 54.5 Å². The number of hydrogen-bond acceptors (Lipinski definition) is 7. The van der Waals surface area contributed by atoms with Gasteiger partial charge in [0.05, 0.1) is 33.4 Å². The zero-order valence-electron chi connectivity index (χ0n) is 18.0. The van der Waals surface area contributed by atoms with E-state index in [4.69, 9.17) is 26.4 Å². The Kier molecular flexibility index (Phi) is 8.47. The van der Waals surface area contributed by atoms with Crippen LogP contribution in [0.25, 0.3) is 0 Å². The predicted molar refractivity (Wildman–Crippen MR) is 123 cm³/mol. The third-order valence-electron chi connectivity index (χ3n) is 5.59. The van der Waals surface area contributed by atoms with E-state index in [2.05, 4.69) is 15.9 Å². The highest BCUT2D eigenvalue weighted by atomic mass is 32.2. The summed E-state index contributed by atoms with van der Waals surface area (Å²) in [7, 11) is 3.30. The number of ether oxygens (including phenoxy) is 3. The Labute approximate surface area is 188 Å². The number of nitrogens with zero attached hydrogens (tertiary/aromatic N) is 3. The number of piperidine rings is 1. The highest BCUT2D eigenvalue weighted by Gasteiger charge is 2.31. The van der Waals surface area contributed by atoms with Crippen LogP contribution in [0.1, 0.15) is 25.3 Å². The first-order chi connectivity index (χ1) is 14.5. The molecule has 2 aliphatic rings. The van der Waals surface area contributed by atoms with Gasteiger partial charge in [-0.25, -0.2) is 4.79 Å². The normalized spacial score (nSPS) is 18.4. The number of likely N-dealkylation sites (tertiary alicyclic amines) is 1. The molecule has 7 nitrogen and oxygen atoms in total. The second-order valence-corrected chi connectivity index (χ2v) is 8.97. The van der Waals surface area contributed by atoms with Crippen molar-refractivity contribution in [3.8, 4) is 11.5 Å². The average Bonchev–Trinajstić information content (AvgIpc) is 2.78. The molecular formula is C21H31N3O4S2. The quantitative estimate of drug-likeness (QED) is 0.582. The number of carbonyl (C=O) groups is 1.